The number of aryl methyl sites for hydroxylation is 1. The molecule has 7 heteroatoms. The van der Waals surface area contributed by atoms with Crippen LogP contribution in [0.5, 0.6) is 11.5 Å². The number of carbonyl (C=O) groups excluding carboxylic acids is 1. The number of aromatic nitrogens is 4. The number of nitrogens with zero attached hydrogens (tertiary/aromatic N) is 4. The number of carbonyl (C=O) groups is 1. The lowest BCUT2D eigenvalue weighted by molar-refractivity contribution is -0.141. The van der Waals surface area contributed by atoms with Crippen LogP contribution in [-0.2, 0) is 4.79 Å². The van der Waals surface area contributed by atoms with Gasteiger partial charge in [-0.25, -0.2) is 9.48 Å². The molecule has 0 amide bonds. The first-order valence-electron chi connectivity index (χ1n) is 7.82. The summed E-state index contributed by atoms with van der Waals surface area (Å²) in [5.41, 5.74) is 2.88. The number of hydrogen-bond acceptors (Lipinski definition) is 6. The first kappa shape index (κ1) is 16.6. The topological polar surface area (TPSA) is 79.1 Å². The van der Waals surface area contributed by atoms with Gasteiger partial charge in [0.1, 0.15) is 17.8 Å². The van der Waals surface area contributed by atoms with Crippen LogP contribution in [0.2, 0.25) is 0 Å². The van der Waals surface area contributed by atoms with Crippen molar-refractivity contribution in [3.05, 3.63) is 59.9 Å². The predicted octanol–water partition coefficient (Wildman–Crippen LogP) is 2.65. The van der Waals surface area contributed by atoms with Crippen LogP contribution in [0, 0.1) is 13.8 Å². The molecule has 0 N–H and O–H groups in total. The maximum Gasteiger partial charge on any atom is 0.352 e. The van der Waals surface area contributed by atoms with Crippen LogP contribution in [0.4, 0.5) is 0 Å². The van der Waals surface area contributed by atoms with Crippen LogP contribution in [0.1, 0.15) is 18.1 Å². The molecule has 0 saturated heterocycles. The van der Waals surface area contributed by atoms with E-state index in [0.717, 1.165) is 16.8 Å². The third-order valence-corrected chi connectivity index (χ3v) is 3.86. The summed E-state index contributed by atoms with van der Waals surface area (Å²) >= 11 is 0. The molecule has 0 aliphatic heterocycles. The Morgan fingerprint density at radius 3 is 2.56 bits per heavy atom. The molecular weight excluding hydrogens is 320 g/mol. The van der Waals surface area contributed by atoms with Gasteiger partial charge in [0.15, 0.2) is 6.10 Å². The quantitative estimate of drug-likeness (QED) is 0.526. The Labute approximate surface area is 145 Å². The molecule has 7 nitrogen and oxygen atoms in total. The van der Waals surface area contributed by atoms with E-state index in [4.69, 9.17) is 9.47 Å². The summed E-state index contributed by atoms with van der Waals surface area (Å²) in [7, 11) is 0. The summed E-state index contributed by atoms with van der Waals surface area (Å²) in [5, 5.41) is 10.9. The zero-order chi connectivity index (χ0) is 17.8. The van der Waals surface area contributed by atoms with Gasteiger partial charge in [-0.3, -0.25) is 0 Å². The van der Waals surface area contributed by atoms with E-state index in [1.54, 1.807) is 31.2 Å². The molecule has 3 aromatic rings. The molecule has 0 bridgehead atoms. The van der Waals surface area contributed by atoms with Gasteiger partial charge in [0.25, 0.3) is 0 Å². The van der Waals surface area contributed by atoms with Gasteiger partial charge in [-0.2, -0.15) is 0 Å². The fraction of sp³-hybridized carbons (Fsp3) is 0.222. The summed E-state index contributed by atoms with van der Waals surface area (Å²) in [5.74, 6) is 0.646. The van der Waals surface area contributed by atoms with Crippen LogP contribution in [0.15, 0.2) is 48.8 Å². The minimum absolute atomic E-state index is 0.429. The average molecular weight is 338 g/mol. The van der Waals surface area contributed by atoms with Crippen molar-refractivity contribution in [2.75, 3.05) is 0 Å². The van der Waals surface area contributed by atoms with Crippen LogP contribution in [-0.4, -0.2) is 32.3 Å². The van der Waals surface area contributed by atoms with Gasteiger partial charge in [0, 0.05) is 0 Å². The highest BCUT2D eigenvalue weighted by atomic mass is 16.6. The van der Waals surface area contributed by atoms with E-state index >= 15 is 0 Å². The number of rotatable bonds is 5. The fourth-order valence-corrected chi connectivity index (χ4v) is 2.24. The van der Waals surface area contributed by atoms with Crippen molar-refractivity contribution in [1.29, 1.82) is 0 Å². The molecule has 2 aromatic carbocycles. The summed E-state index contributed by atoms with van der Waals surface area (Å²) in [6.45, 7) is 5.62. The number of hydrogen-bond donors (Lipinski definition) is 0. The molecule has 0 fully saturated rings. The first-order chi connectivity index (χ1) is 12.0. The Bertz CT molecular complexity index is 861. The smallest absolute Gasteiger partial charge is 0.352 e. The lowest BCUT2D eigenvalue weighted by atomic mass is 10.1. The van der Waals surface area contributed by atoms with Gasteiger partial charge >= 0.3 is 5.97 Å². The van der Waals surface area contributed by atoms with E-state index in [2.05, 4.69) is 15.5 Å². The molecule has 1 atom stereocenters. The minimum Gasteiger partial charge on any atom is -0.479 e. The van der Waals surface area contributed by atoms with Crippen molar-refractivity contribution in [3.8, 4) is 17.2 Å². The van der Waals surface area contributed by atoms with Crippen molar-refractivity contribution in [1.82, 2.24) is 20.2 Å². The maximum atomic E-state index is 12.2. The van der Waals surface area contributed by atoms with Crippen LogP contribution in [0.25, 0.3) is 5.69 Å². The zero-order valence-electron chi connectivity index (χ0n) is 14.2. The third kappa shape index (κ3) is 3.82. The molecule has 0 radical (unpaired) electrons. The van der Waals surface area contributed by atoms with Crippen molar-refractivity contribution in [3.63, 3.8) is 0 Å². The molecule has 0 saturated carbocycles. The van der Waals surface area contributed by atoms with Gasteiger partial charge in [0.05, 0.1) is 5.69 Å². The monoisotopic (exact) mass is 338 g/mol. The van der Waals surface area contributed by atoms with E-state index in [1.165, 1.54) is 11.0 Å². The Kier molecular flexibility index (Phi) is 4.74. The minimum atomic E-state index is -0.723. The van der Waals surface area contributed by atoms with Gasteiger partial charge in [-0.15, -0.1) is 5.10 Å². The highest BCUT2D eigenvalue weighted by Crippen LogP contribution is 2.22. The van der Waals surface area contributed by atoms with Crippen LogP contribution < -0.4 is 9.47 Å². The fourth-order valence-electron chi connectivity index (χ4n) is 2.24. The van der Waals surface area contributed by atoms with E-state index in [9.17, 15) is 4.79 Å². The molecule has 0 aliphatic carbocycles. The number of esters is 1. The van der Waals surface area contributed by atoms with Crippen molar-refractivity contribution in [2.24, 2.45) is 0 Å². The van der Waals surface area contributed by atoms with Crippen LogP contribution >= 0.6 is 0 Å². The van der Waals surface area contributed by atoms with Crippen molar-refractivity contribution in [2.45, 2.75) is 26.9 Å². The Morgan fingerprint density at radius 1 is 1.12 bits per heavy atom. The van der Waals surface area contributed by atoms with E-state index in [-0.39, 0.29) is 0 Å². The number of tetrazole rings is 1. The number of ether oxygens (including phenoxy) is 2. The highest BCUT2D eigenvalue weighted by Gasteiger charge is 2.18. The molecule has 0 unspecified atom stereocenters. The summed E-state index contributed by atoms with van der Waals surface area (Å²) in [6.07, 6.45) is 0.765. The molecule has 128 valence electrons. The molecule has 1 aromatic heterocycles. The summed E-state index contributed by atoms with van der Waals surface area (Å²) in [4.78, 5) is 12.2. The Balaban J connectivity index is 1.64. The van der Waals surface area contributed by atoms with Gasteiger partial charge < -0.3 is 9.47 Å². The third-order valence-electron chi connectivity index (χ3n) is 3.86. The molecule has 1 heterocycles. The van der Waals surface area contributed by atoms with Crippen molar-refractivity contribution >= 4 is 5.97 Å². The largest absolute Gasteiger partial charge is 0.479 e. The van der Waals surface area contributed by atoms with E-state index < -0.39 is 12.1 Å². The average Bonchev–Trinajstić information content (AvgIpc) is 3.14. The maximum absolute atomic E-state index is 12.2. The lowest BCUT2D eigenvalue weighted by Gasteiger charge is -2.16. The SMILES string of the molecule is Cc1cccc(O[C@H](C)C(=O)Oc2ccc(-n3cnnn3)cc2)c1C. The molecule has 0 aliphatic rings. The highest BCUT2D eigenvalue weighted by molar-refractivity contribution is 5.77. The Hall–Kier alpha value is -3.22. The van der Waals surface area contributed by atoms with Crippen LogP contribution in [0.3, 0.4) is 0 Å². The van der Waals surface area contributed by atoms with Gasteiger partial charge in [-0.1, -0.05) is 12.1 Å². The summed E-state index contributed by atoms with van der Waals surface area (Å²) < 4.78 is 12.6. The normalized spacial score (nSPS) is 11.8. The second kappa shape index (κ2) is 7.12. The van der Waals surface area contributed by atoms with E-state index in [0.29, 0.717) is 11.5 Å². The molecular formula is C18H18N4O3. The first-order valence-corrected chi connectivity index (χ1v) is 7.82. The van der Waals surface area contributed by atoms with Crippen molar-refractivity contribution < 1.29 is 14.3 Å². The second-order valence-corrected chi connectivity index (χ2v) is 5.63. The predicted molar refractivity (Wildman–Crippen MR) is 90.8 cm³/mol. The Morgan fingerprint density at radius 2 is 1.88 bits per heavy atom. The lowest BCUT2D eigenvalue weighted by Crippen LogP contribution is -2.28. The summed E-state index contributed by atoms with van der Waals surface area (Å²) in [6, 6.07) is 12.6. The van der Waals surface area contributed by atoms with Gasteiger partial charge in [-0.05, 0) is 72.7 Å². The van der Waals surface area contributed by atoms with Gasteiger partial charge in [0.2, 0.25) is 0 Å². The molecule has 0 spiro atoms. The standard InChI is InChI=1S/C18H18N4O3/c1-12-5-4-6-17(13(12)2)24-14(3)18(23)25-16-9-7-15(8-10-16)22-11-19-20-21-22/h4-11,14H,1-3H3/t14-/m1/s1. The molecule has 25 heavy (non-hydrogen) atoms. The van der Waals surface area contributed by atoms with E-state index in [1.807, 2.05) is 32.0 Å². The molecule has 3 rings (SSSR count). The zero-order valence-corrected chi connectivity index (χ0v) is 14.2. The second-order valence-electron chi connectivity index (χ2n) is 5.63. The number of benzene rings is 2.